The zero-order valence-corrected chi connectivity index (χ0v) is 12.6. The van der Waals surface area contributed by atoms with Crippen molar-refractivity contribution >= 4 is 5.91 Å². The van der Waals surface area contributed by atoms with E-state index >= 15 is 0 Å². The highest BCUT2D eigenvalue weighted by atomic mass is 16.3. The summed E-state index contributed by atoms with van der Waals surface area (Å²) in [6, 6.07) is -0.0154. The maximum Gasteiger partial charge on any atom is 0.239 e. The molecule has 1 saturated heterocycles. The van der Waals surface area contributed by atoms with Crippen LogP contribution in [-0.4, -0.2) is 59.6 Å². The number of β-amino-alcohol motifs (C(OH)–C–C–N with tert-alkyl or cyclic N) is 1. The van der Waals surface area contributed by atoms with E-state index in [1.807, 2.05) is 14.1 Å². The average molecular weight is 268 g/mol. The normalized spacial score (nSPS) is 36.4. The monoisotopic (exact) mass is 268 g/mol. The molecular weight excluding hydrogens is 240 g/mol. The van der Waals surface area contributed by atoms with Crippen LogP contribution in [0.4, 0.5) is 0 Å². The molecule has 1 amide bonds. The Morgan fingerprint density at radius 3 is 2.53 bits per heavy atom. The number of likely N-dealkylation sites (N-methyl/N-ethyl adjacent to an activating group) is 1. The Morgan fingerprint density at radius 2 is 1.95 bits per heavy atom. The standard InChI is InChI=1S/C15H28N2O2/c1-12-6-8-15(19,9-7-12)11-17-10-4-5-13(17)14(18)16(2)3/h12-13,19H,4-11H2,1-3H3. The van der Waals surface area contributed by atoms with Gasteiger partial charge in [0.05, 0.1) is 11.6 Å². The van der Waals surface area contributed by atoms with Crippen molar-refractivity contribution in [1.82, 2.24) is 9.80 Å². The van der Waals surface area contributed by atoms with Crippen LogP contribution in [-0.2, 0) is 4.79 Å². The minimum Gasteiger partial charge on any atom is -0.389 e. The van der Waals surface area contributed by atoms with Crippen LogP contribution >= 0.6 is 0 Å². The first kappa shape index (κ1) is 14.8. The SMILES string of the molecule is CC1CCC(O)(CN2CCCC2C(=O)N(C)C)CC1. The van der Waals surface area contributed by atoms with E-state index < -0.39 is 5.60 Å². The number of likely N-dealkylation sites (tertiary alicyclic amines) is 1. The Balaban J connectivity index is 1.96. The Kier molecular flexibility index (Phi) is 4.51. The summed E-state index contributed by atoms with van der Waals surface area (Å²) in [6.07, 6.45) is 5.98. The third kappa shape index (κ3) is 3.48. The minimum atomic E-state index is -0.568. The Bertz CT molecular complexity index is 322. The molecular formula is C15H28N2O2. The molecule has 110 valence electrons. The lowest BCUT2D eigenvalue weighted by molar-refractivity contribution is -0.134. The van der Waals surface area contributed by atoms with E-state index in [-0.39, 0.29) is 11.9 Å². The molecule has 1 N–H and O–H groups in total. The minimum absolute atomic E-state index is 0.0154. The number of hydrogen-bond donors (Lipinski definition) is 1. The number of hydrogen-bond acceptors (Lipinski definition) is 3. The fourth-order valence-corrected chi connectivity index (χ4v) is 3.43. The molecule has 0 aromatic heterocycles. The molecule has 1 atom stereocenters. The van der Waals surface area contributed by atoms with Crippen LogP contribution in [0.25, 0.3) is 0 Å². The molecule has 2 rings (SSSR count). The van der Waals surface area contributed by atoms with E-state index in [0.29, 0.717) is 6.54 Å². The van der Waals surface area contributed by atoms with Crippen LogP contribution in [0.1, 0.15) is 45.4 Å². The first-order valence-corrected chi connectivity index (χ1v) is 7.59. The van der Waals surface area contributed by atoms with E-state index in [2.05, 4.69) is 11.8 Å². The highest BCUT2D eigenvalue weighted by Crippen LogP contribution is 2.34. The highest BCUT2D eigenvalue weighted by Gasteiger charge is 2.39. The van der Waals surface area contributed by atoms with Gasteiger partial charge in [0.25, 0.3) is 0 Å². The van der Waals surface area contributed by atoms with Crippen LogP contribution < -0.4 is 0 Å². The van der Waals surface area contributed by atoms with Crippen LogP contribution in [0.5, 0.6) is 0 Å². The van der Waals surface area contributed by atoms with Crippen molar-refractivity contribution in [2.75, 3.05) is 27.2 Å². The lowest BCUT2D eigenvalue weighted by Crippen LogP contribution is -2.50. The second-order valence-electron chi connectivity index (χ2n) is 6.77. The zero-order chi connectivity index (χ0) is 14.0. The molecule has 2 aliphatic rings. The molecule has 0 spiro atoms. The summed E-state index contributed by atoms with van der Waals surface area (Å²) >= 11 is 0. The van der Waals surface area contributed by atoms with Gasteiger partial charge in [-0.05, 0) is 51.0 Å². The molecule has 1 aliphatic heterocycles. The fourth-order valence-electron chi connectivity index (χ4n) is 3.43. The number of carbonyl (C=O) groups is 1. The van der Waals surface area contributed by atoms with E-state index in [1.54, 1.807) is 4.90 Å². The van der Waals surface area contributed by atoms with Crippen LogP contribution in [0.2, 0.25) is 0 Å². The molecule has 1 heterocycles. The molecule has 1 aliphatic carbocycles. The molecule has 0 radical (unpaired) electrons. The van der Waals surface area contributed by atoms with Gasteiger partial charge < -0.3 is 10.0 Å². The number of aliphatic hydroxyl groups is 1. The van der Waals surface area contributed by atoms with Crippen LogP contribution in [0.15, 0.2) is 0 Å². The molecule has 0 aromatic rings. The molecule has 19 heavy (non-hydrogen) atoms. The molecule has 4 nitrogen and oxygen atoms in total. The summed E-state index contributed by atoms with van der Waals surface area (Å²) in [7, 11) is 3.63. The van der Waals surface area contributed by atoms with Gasteiger partial charge in [-0.2, -0.15) is 0 Å². The molecule has 2 fully saturated rings. The van der Waals surface area contributed by atoms with Gasteiger partial charge in [-0.3, -0.25) is 9.69 Å². The maximum atomic E-state index is 12.2. The summed E-state index contributed by atoms with van der Waals surface area (Å²) in [5.74, 6) is 0.920. The molecule has 4 heteroatoms. The van der Waals surface area contributed by atoms with Gasteiger partial charge in [0.2, 0.25) is 5.91 Å². The highest BCUT2D eigenvalue weighted by molar-refractivity contribution is 5.81. The fraction of sp³-hybridized carbons (Fsp3) is 0.933. The summed E-state index contributed by atoms with van der Waals surface area (Å²) in [6.45, 7) is 3.87. The Morgan fingerprint density at radius 1 is 1.32 bits per heavy atom. The van der Waals surface area contributed by atoms with E-state index in [9.17, 15) is 9.90 Å². The Hall–Kier alpha value is -0.610. The lowest BCUT2D eigenvalue weighted by Gasteiger charge is -2.39. The van der Waals surface area contributed by atoms with Gasteiger partial charge in [0.1, 0.15) is 0 Å². The second-order valence-corrected chi connectivity index (χ2v) is 6.77. The van der Waals surface area contributed by atoms with E-state index in [1.165, 1.54) is 0 Å². The Labute approximate surface area is 116 Å². The third-order valence-electron chi connectivity index (χ3n) is 4.79. The van der Waals surface area contributed by atoms with Gasteiger partial charge in [0.15, 0.2) is 0 Å². The number of nitrogens with zero attached hydrogens (tertiary/aromatic N) is 2. The summed E-state index contributed by atoms with van der Waals surface area (Å²) < 4.78 is 0. The average Bonchev–Trinajstić information content (AvgIpc) is 2.80. The predicted octanol–water partition coefficient (Wildman–Crippen LogP) is 1.48. The van der Waals surface area contributed by atoms with Gasteiger partial charge in [-0.25, -0.2) is 0 Å². The van der Waals surface area contributed by atoms with Crippen molar-refractivity contribution in [3.8, 4) is 0 Å². The van der Waals surface area contributed by atoms with Crippen molar-refractivity contribution in [3.63, 3.8) is 0 Å². The van der Waals surface area contributed by atoms with Crippen molar-refractivity contribution in [2.45, 2.75) is 57.1 Å². The topological polar surface area (TPSA) is 43.8 Å². The van der Waals surface area contributed by atoms with Gasteiger partial charge in [0, 0.05) is 20.6 Å². The third-order valence-corrected chi connectivity index (χ3v) is 4.79. The molecule has 0 bridgehead atoms. The van der Waals surface area contributed by atoms with Crippen molar-refractivity contribution in [1.29, 1.82) is 0 Å². The smallest absolute Gasteiger partial charge is 0.239 e. The van der Waals surface area contributed by atoms with Crippen molar-refractivity contribution in [3.05, 3.63) is 0 Å². The first-order chi connectivity index (χ1) is 8.91. The molecule has 0 aromatic carbocycles. The van der Waals surface area contributed by atoms with Crippen molar-refractivity contribution < 1.29 is 9.90 Å². The largest absolute Gasteiger partial charge is 0.389 e. The summed E-state index contributed by atoms with van der Waals surface area (Å²) in [4.78, 5) is 16.0. The van der Waals surface area contributed by atoms with Crippen LogP contribution in [0.3, 0.4) is 0 Å². The van der Waals surface area contributed by atoms with Gasteiger partial charge in [-0.15, -0.1) is 0 Å². The number of rotatable bonds is 3. The summed E-state index contributed by atoms with van der Waals surface area (Å²) in [5.41, 5.74) is -0.568. The summed E-state index contributed by atoms with van der Waals surface area (Å²) in [5, 5.41) is 10.7. The zero-order valence-electron chi connectivity index (χ0n) is 12.6. The van der Waals surface area contributed by atoms with Crippen LogP contribution in [0, 0.1) is 5.92 Å². The van der Waals surface area contributed by atoms with Crippen molar-refractivity contribution in [2.24, 2.45) is 5.92 Å². The lowest BCUT2D eigenvalue weighted by atomic mass is 9.79. The first-order valence-electron chi connectivity index (χ1n) is 7.59. The maximum absolute atomic E-state index is 12.2. The number of carbonyl (C=O) groups excluding carboxylic acids is 1. The van der Waals surface area contributed by atoms with Gasteiger partial charge >= 0.3 is 0 Å². The van der Waals surface area contributed by atoms with E-state index in [0.717, 1.165) is 51.0 Å². The van der Waals surface area contributed by atoms with E-state index in [4.69, 9.17) is 0 Å². The quantitative estimate of drug-likeness (QED) is 0.843. The predicted molar refractivity (Wildman–Crippen MR) is 75.9 cm³/mol. The number of amides is 1. The van der Waals surface area contributed by atoms with Gasteiger partial charge in [-0.1, -0.05) is 6.92 Å². The molecule has 1 saturated carbocycles. The second kappa shape index (κ2) is 5.80. The molecule has 1 unspecified atom stereocenters.